The number of anilines is 2. The van der Waals surface area contributed by atoms with Gasteiger partial charge in [-0.15, -0.1) is 0 Å². The summed E-state index contributed by atoms with van der Waals surface area (Å²) in [6, 6.07) is 9.31. The lowest BCUT2D eigenvalue weighted by Crippen LogP contribution is -2.53. The van der Waals surface area contributed by atoms with Crippen LogP contribution in [-0.4, -0.2) is 32.9 Å². The van der Waals surface area contributed by atoms with Crippen molar-refractivity contribution in [2.75, 3.05) is 9.80 Å². The van der Waals surface area contributed by atoms with E-state index in [1.165, 1.54) is 17.9 Å². The fraction of sp³-hybridized carbons (Fsp3) is 0.320. The van der Waals surface area contributed by atoms with Crippen molar-refractivity contribution in [2.24, 2.45) is 0 Å². The SMILES string of the molecule is CC(=O)N1c2ccc(-c3cnn(C4CC4)c3)cc2N(C(=O)O)C(c2ccc(F)c(C)c2)[C@@H]1C. The van der Waals surface area contributed by atoms with Crippen molar-refractivity contribution < 1.29 is 19.1 Å². The maximum absolute atomic E-state index is 14.0. The van der Waals surface area contributed by atoms with Crippen LogP contribution in [0.25, 0.3) is 11.1 Å². The van der Waals surface area contributed by atoms with E-state index in [1.54, 1.807) is 42.3 Å². The molecule has 0 spiro atoms. The summed E-state index contributed by atoms with van der Waals surface area (Å²) < 4.78 is 15.9. The first-order valence-corrected chi connectivity index (χ1v) is 11.0. The molecule has 2 amide bonds. The van der Waals surface area contributed by atoms with E-state index >= 15 is 0 Å². The molecule has 0 radical (unpaired) electrons. The fourth-order valence-corrected chi connectivity index (χ4v) is 4.81. The van der Waals surface area contributed by atoms with Crippen LogP contribution < -0.4 is 9.80 Å². The Morgan fingerprint density at radius 2 is 1.82 bits per heavy atom. The van der Waals surface area contributed by atoms with Crippen LogP contribution in [0.5, 0.6) is 0 Å². The van der Waals surface area contributed by atoms with Crippen LogP contribution in [0.4, 0.5) is 20.6 Å². The van der Waals surface area contributed by atoms with Crippen LogP contribution in [0.3, 0.4) is 0 Å². The molecule has 8 heteroatoms. The fourth-order valence-electron chi connectivity index (χ4n) is 4.81. The van der Waals surface area contributed by atoms with Gasteiger partial charge in [-0.3, -0.25) is 14.4 Å². The van der Waals surface area contributed by atoms with Gasteiger partial charge in [0.15, 0.2) is 0 Å². The van der Waals surface area contributed by atoms with Gasteiger partial charge in [0.2, 0.25) is 5.91 Å². The molecule has 1 unspecified atom stereocenters. The molecule has 1 aliphatic heterocycles. The normalized spacial score (nSPS) is 20.0. The Labute approximate surface area is 191 Å². The smallest absolute Gasteiger partial charge is 0.412 e. The maximum atomic E-state index is 14.0. The Hall–Kier alpha value is -3.68. The third-order valence-electron chi connectivity index (χ3n) is 6.56. The lowest BCUT2D eigenvalue weighted by molar-refractivity contribution is -0.117. The van der Waals surface area contributed by atoms with Crippen molar-refractivity contribution in [2.45, 2.75) is 51.7 Å². The van der Waals surface area contributed by atoms with Gasteiger partial charge in [-0.1, -0.05) is 18.2 Å². The number of hydrogen-bond donors (Lipinski definition) is 1. The highest BCUT2D eigenvalue weighted by Crippen LogP contribution is 2.46. The number of aromatic nitrogens is 2. The summed E-state index contributed by atoms with van der Waals surface area (Å²) in [5, 5.41) is 14.7. The van der Waals surface area contributed by atoms with E-state index < -0.39 is 18.2 Å². The Balaban J connectivity index is 1.67. The highest BCUT2D eigenvalue weighted by Gasteiger charge is 2.42. The lowest BCUT2D eigenvalue weighted by Gasteiger charge is -2.46. The largest absolute Gasteiger partial charge is 0.465 e. The Morgan fingerprint density at radius 3 is 2.45 bits per heavy atom. The highest BCUT2D eigenvalue weighted by molar-refractivity contribution is 6.03. The monoisotopic (exact) mass is 448 g/mol. The van der Waals surface area contributed by atoms with Gasteiger partial charge in [0.25, 0.3) is 0 Å². The number of fused-ring (bicyclic) bond motifs is 1. The van der Waals surface area contributed by atoms with Crippen LogP contribution in [0.2, 0.25) is 0 Å². The number of hydrogen-bond acceptors (Lipinski definition) is 3. The standard InChI is InChI=1S/C25H25FN4O3/c1-14-10-18(4-8-21(14)26)24-15(2)29(16(3)31)22-9-5-17(11-23(22)30(24)25(32)33)19-12-27-28(13-19)20-6-7-20/h4-5,8-13,15,20,24H,6-7H2,1-3H3,(H,32,33)/t15-,24?/m0/s1. The first kappa shape index (κ1) is 21.2. The van der Waals surface area contributed by atoms with Crippen molar-refractivity contribution in [3.8, 4) is 11.1 Å². The lowest BCUT2D eigenvalue weighted by atomic mass is 9.91. The molecule has 2 aromatic carbocycles. The van der Waals surface area contributed by atoms with E-state index in [9.17, 15) is 19.1 Å². The Bertz CT molecular complexity index is 1270. The third kappa shape index (κ3) is 3.55. The Kier molecular flexibility index (Phi) is 4.96. The van der Waals surface area contributed by atoms with Gasteiger partial charge in [-0.2, -0.15) is 5.10 Å². The van der Waals surface area contributed by atoms with Gasteiger partial charge < -0.3 is 10.0 Å². The van der Waals surface area contributed by atoms with E-state index in [2.05, 4.69) is 5.10 Å². The summed E-state index contributed by atoms with van der Waals surface area (Å²) in [5.74, 6) is -0.546. The highest BCUT2D eigenvalue weighted by atomic mass is 19.1. The third-order valence-corrected chi connectivity index (χ3v) is 6.56. The van der Waals surface area contributed by atoms with Crippen LogP contribution in [0.15, 0.2) is 48.8 Å². The minimum absolute atomic E-state index is 0.188. The zero-order chi connectivity index (χ0) is 23.4. The maximum Gasteiger partial charge on any atom is 0.412 e. The predicted octanol–water partition coefficient (Wildman–Crippen LogP) is 5.31. The van der Waals surface area contributed by atoms with Crippen molar-refractivity contribution in [1.82, 2.24) is 9.78 Å². The summed E-state index contributed by atoms with van der Waals surface area (Å²) >= 11 is 0. The second-order valence-corrected chi connectivity index (χ2v) is 8.88. The van der Waals surface area contributed by atoms with Crippen molar-refractivity contribution in [3.05, 3.63) is 65.7 Å². The molecule has 33 heavy (non-hydrogen) atoms. The summed E-state index contributed by atoms with van der Waals surface area (Å²) in [7, 11) is 0. The van der Waals surface area contributed by atoms with E-state index in [0.29, 0.717) is 28.5 Å². The molecule has 1 saturated carbocycles. The quantitative estimate of drug-likeness (QED) is 0.589. The van der Waals surface area contributed by atoms with Gasteiger partial charge in [0.1, 0.15) is 5.82 Å². The number of carbonyl (C=O) groups is 2. The van der Waals surface area contributed by atoms with Crippen molar-refractivity contribution in [1.29, 1.82) is 0 Å². The number of carbonyl (C=O) groups excluding carboxylic acids is 1. The zero-order valence-corrected chi connectivity index (χ0v) is 18.7. The van der Waals surface area contributed by atoms with Crippen LogP contribution >= 0.6 is 0 Å². The molecule has 1 aliphatic carbocycles. The predicted molar refractivity (Wildman–Crippen MR) is 123 cm³/mol. The van der Waals surface area contributed by atoms with E-state index in [-0.39, 0.29) is 11.7 Å². The van der Waals surface area contributed by atoms with Gasteiger partial charge >= 0.3 is 6.09 Å². The number of rotatable bonds is 3. The average molecular weight is 448 g/mol. The summed E-state index contributed by atoms with van der Waals surface area (Å²) in [4.78, 5) is 28.1. The molecular weight excluding hydrogens is 423 g/mol. The second-order valence-electron chi connectivity index (χ2n) is 8.88. The first-order valence-electron chi connectivity index (χ1n) is 11.0. The molecule has 2 heterocycles. The minimum atomic E-state index is -1.14. The molecule has 2 atom stereocenters. The number of halogens is 1. The molecule has 170 valence electrons. The first-order chi connectivity index (χ1) is 15.8. The van der Waals surface area contributed by atoms with E-state index in [0.717, 1.165) is 24.0 Å². The Morgan fingerprint density at radius 1 is 1.06 bits per heavy atom. The summed E-state index contributed by atoms with van der Waals surface area (Å²) in [6.07, 6.45) is 4.84. The molecule has 7 nitrogen and oxygen atoms in total. The molecule has 3 aromatic rings. The molecule has 1 N–H and O–H groups in total. The van der Waals surface area contributed by atoms with Crippen LogP contribution in [0, 0.1) is 12.7 Å². The summed E-state index contributed by atoms with van der Waals surface area (Å²) in [6.45, 7) is 4.93. The molecule has 0 saturated heterocycles. The topological polar surface area (TPSA) is 78.7 Å². The van der Waals surface area contributed by atoms with Crippen LogP contribution in [-0.2, 0) is 4.79 Å². The van der Waals surface area contributed by atoms with Crippen LogP contribution in [0.1, 0.15) is 49.9 Å². The molecule has 2 aliphatic rings. The van der Waals surface area contributed by atoms with Crippen molar-refractivity contribution in [3.63, 3.8) is 0 Å². The van der Waals surface area contributed by atoms with Gasteiger partial charge in [-0.25, -0.2) is 9.18 Å². The van der Waals surface area contributed by atoms with Gasteiger partial charge in [-0.05, 0) is 61.6 Å². The number of amides is 2. The van der Waals surface area contributed by atoms with Gasteiger partial charge in [0.05, 0.1) is 35.7 Å². The minimum Gasteiger partial charge on any atom is -0.465 e. The molecule has 1 aromatic heterocycles. The summed E-state index contributed by atoms with van der Waals surface area (Å²) in [5.41, 5.74) is 3.71. The van der Waals surface area contributed by atoms with Crippen molar-refractivity contribution >= 4 is 23.4 Å². The average Bonchev–Trinajstić information content (AvgIpc) is 3.50. The second kappa shape index (κ2) is 7.72. The van der Waals surface area contributed by atoms with Gasteiger partial charge in [0, 0.05) is 18.7 Å². The zero-order valence-electron chi connectivity index (χ0n) is 18.7. The molecular formula is C25H25FN4O3. The van der Waals surface area contributed by atoms with E-state index in [1.807, 2.05) is 23.9 Å². The number of carboxylic acid groups (broad SMARTS) is 1. The molecule has 0 bridgehead atoms. The number of nitrogens with zero attached hydrogens (tertiary/aromatic N) is 4. The van der Waals surface area contributed by atoms with E-state index in [4.69, 9.17) is 0 Å². The number of benzene rings is 2. The molecule has 1 fully saturated rings. The number of aryl methyl sites for hydroxylation is 1. The molecule has 5 rings (SSSR count).